The van der Waals surface area contributed by atoms with Gasteiger partial charge in [-0.15, -0.1) is 0 Å². The van der Waals surface area contributed by atoms with Gasteiger partial charge >= 0.3 is 0 Å². The zero-order chi connectivity index (χ0) is 13.6. The molecule has 0 fully saturated rings. The molecule has 0 radical (unpaired) electrons. The smallest absolute Gasteiger partial charge is 0.223 e. The van der Waals surface area contributed by atoms with Crippen LogP contribution in [0.1, 0.15) is 10.4 Å². The third kappa shape index (κ3) is 1.80. The van der Waals surface area contributed by atoms with Gasteiger partial charge in [0.15, 0.2) is 5.78 Å². The number of allylic oxidation sites excluding steroid dienone is 1. The van der Waals surface area contributed by atoms with Crippen molar-refractivity contribution in [2.24, 2.45) is 0 Å². The Morgan fingerprint density at radius 2 is 2.05 bits per heavy atom. The topological polar surface area (TPSA) is 69.0 Å². The van der Waals surface area contributed by atoms with Gasteiger partial charge in [0.2, 0.25) is 9.84 Å². The van der Waals surface area contributed by atoms with Crippen molar-refractivity contribution in [1.29, 1.82) is 0 Å². The fraction of sp³-hybridized carbons (Fsp3) is 0. The van der Waals surface area contributed by atoms with Gasteiger partial charge in [-0.05, 0) is 18.2 Å². The van der Waals surface area contributed by atoms with E-state index in [1.165, 1.54) is 41.5 Å². The highest BCUT2D eigenvalue weighted by molar-refractivity contribution is 8.00. The molecule has 1 aromatic heterocycles. The van der Waals surface area contributed by atoms with Crippen molar-refractivity contribution >= 4 is 32.3 Å². The van der Waals surface area contributed by atoms with Gasteiger partial charge in [0.05, 0.1) is 11.2 Å². The lowest BCUT2D eigenvalue weighted by Gasteiger charge is -2.17. The zero-order valence-corrected chi connectivity index (χ0v) is 11.0. The quantitative estimate of drug-likeness (QED) is 0.807. The van der Waals surface area contributed by atoms with Crippen LogP contribution in [-0.2, 0) is 9.84 Å². The summed E-state index contributed by atoms with van der Waals surface area (Å²) in [6.45, 7) is 0. The van der Waals surface area contributed by atoms with E-state index in [-0.39, 0.29) is 15.5 Å². The number of aromatic nitrogens is 2. The van der Waals surface area contributed by atoms with E-state index >= 15 is 0 Å². The number of nitrogens with zero attached hydrogens (tertiary/aromatic N) is 2. The third-order valence-corrected chi connectivity index (χ3v) is 4.83. The number of sulfone groups is 1. The van der Waals surface area contributed by atoms with Crippen molar-refractivity contribution < 1.29 is 13.2 Å². The molecule has 1 aliphatic rings. The lowest BCUT2D eigenvalue weighted by Crippen LogP contribution is -2.19. The van der Waals surface area contributed by atoms with E-state index in [4.69, 9.17) is 11.6 Å². The summed E-state index contributed by atoms with van der Waals surface area (Å²) >= 11 is 5.79. The summed E-state index contributed by atoms with van der Waals surface area (Å²) in [7, 11) is -3.75. The van der Waals surface area contributed by atoms with Crippen LogP contribution in [0.5, 0.6) is 0 Å². The lowest BCUT2D eigenvalue weighted by molar-refractivity contribution is 0.104. The monoisotopic (exact) mass is 294 g/mol. The molecule has 0 saturated heterocycles. The van der Waals surface area contributed by atoms with E-state index in [2.05, 4.69) is 4.98 Å². The molecule has 3 rings (SSSR count). The molecule has 2 aromatic rings. The average molecular weight is 295 g/mol. The van der Waals surface area contributed by atoms with Crippen molar-refractivity contribution in [3.63, 3.8) is 0 Å². The lowest BCUT2D eigenvalue weighted by atomic mass is 10.1. The third-order valence-electron chi connectivity index (χ3n) is 2.79. The number of rotatable bonds is 1. The minimum absolute atomic E-state index is 0.0342. The van der Waals surface area contributed by atoms with Crippen molar-refractivity contribution in [2.45, 2.75) is 4.90 Å². The van der Waals surface area contributed by atoms with Crippen LogP contribution in [0.4, 0.5) is 0 Å². The van der Waals surface area contributed by atoms with E-state index in [1.807, 2.05) is 0 Å². The molecule has 0 atom stereocenters. The summed E-state index contributed by atoms with van der Waals surface area (Å²) in [6, 6.07) is 4.15. The highest BCUT2D eigenvalue weighted by Gasteiger charge is 2.32. The Morgan fingerprint density at radius 1 is 1.26 bits per heavy atom. The first kappa shape index (κ1) is 12.1. The van der Waals surface area contributed by atoms with Gasteiger partial charge in [0.25, 0.3) is 0 Å². The summed E-state index contributed by atoms with van der Waals surface area (Å²) in [5.41, 5.74) is 0.0939. The molecule has 0 unspecified atom stereocenters. The Hall–Kier alpha value is -1.92. The average Bonchev–Trinajstić information content (AvgIpc) is 2.87. The molecule has 19 heavy (non-hydrogen) atoms. The Morgan fingerprint density at radius 3 is 2.74 bits per heavy atom. The molecule has 1 aromatic carbocycles. The molecule has 0 saturated carbocycles. The van der Waals surface area contributed by atoms with Crippen LogP contribution < -0.4 is 0 Å². The summed E-state index contributed by atoms with van der Waals surface area (Å²) < 4.78 is 26.2. The number of imidazole rings is 1. The Bertz CT molecular complexity index is 808. The van der Waals surface area contributed by atoms with E-state index < -0.39 is 15.6 Å². The number of hydrogen-bond acceptors (Lipinski definition) is 4. The number of carbonyl (C=O) groups is 1. The predicted octanol–water partition coefficient (Wildman–Crippen LogP) is 2.01. The van der Waals surface area contributed by atoms with E-state index in [1.54, 1.807) is 0 Å². The summed E-state index contributed by atoms with van der Waals surface area (Å²) in [5.74, 6) is -0.393. The molecule has 1 aliphatic heterocycles. The molecular formula is C12H7ClN2O3S. The summed E-state index contributed by atoms with van der Waals surface area (Å²) in [4.78, 5) is 15.7. The molecule has 5 nitrogen and oxygen atoms in total. The van der Waals surface area contributed by atoms with E-state index in [9.17, 15) is 13.2 Å². The Labute approximate surface area is 114 Å². The van der Waals surface area contributed by atoms with Crippen LogP contribution in [0.3, 0.4) is 0 Å². The molecule has 0 N–H and O–H groups in total. The SMILES string of the molecule is O=C1C=C(n2ccnc2)S(=O)(=O)c2ccc(Cl)cc21. The van der Waals surface area contributed by atoms with Crippen LogP contribution in [0, 0.1) is 0 Å². The molecule has 2 heterocycles. The highest BCUT2D eigenvalue weighted by Crippen LogP contribution is 2.32. The van der Waals surface area contributed by atoms with Gasteiger partial charge in [-0.1, -0.05) is 11.6 Å². The maximum Gasteiger partial charge on any atom is 0.223 e. The molecule has 7 heteroatoms. The molecule has 0 spiro atoms. The first-order chi connectivity index (χ1) is 9.00. The maximum absolute atomic E-state index is 12.4. The number of halogens is 1. The maximum atomic E-state index is 12.4. The fourth-order valence-corrected chi connectivity index (χ4v) is 3.65. The second kappa shape index (κ2) is 4.04. The van der Waals surface area contributed by atoms with Crippen molar-refractivity contribution in [3.05, 3.63) is 53.6 Å². The first-order valence-electron chi connectivity index (χ1n) is 5.29. The standard InChI is InChI=1S/C12H7ClN2O3S/c13-8-1-2-11-9(5-8)10(16)6-12(19(11,17)18)15-4-3-14-7-15/h1-7H. The van der Waals surface area contributed by atoms with Gasteiger partial charge in [0, 0.05) is 29.1 Å². The van der Waals surface area contributed by atoms with Gasteiger partial charge in [-0.2, -0.15) is 0 Å². The van der Waals surface area contributed by atoms with E-state index in [0.717, 1.165) is 6.08 Å². The summed E-state index contributed by atoms with van der Waals surface area (Å²) in [6.07, 6.45) is 5.32. The van der Waals surface area contributed by atoms with Crippen LogP contribution in [0.25, 0.3) is 5.03 Å². The van der Waals surface area contributed by atoms with Gasteiger partial charge in [0.1, 0.15) is 5.03 Å². The van der Waals surface area contributed by atoms with E-state index in [0.29, 0.717) is 5.02 Å². The number of carbonyl (C=O) groups excluding carboxylic acids is 1. The zero-order valence-electron chi connectivity index (χ0n) is 9.45. The van der Waals surface area contributed by atoms with Gasteiger partial charge < -0.3 is 0 Å². The van der Waals surface area contributed by atoms with Crippen LogP contribution in [0.15, 0.2) is 47.9 Å². The largest absolute Gasteiger partial charge is 0.296 e. The molecule has 0 bridgehead atoms. The predicted molar refractivity (Wildman–Crippen MR) is 69.5 cm³/mol. The minimum atomic E-state index is -3.75. The van der Waals surface area contributed by atoms with Crippen molar-refractivity contribution in [1.82, 2.24) is 9.55 Å². The number of ketones is 1. The summed E-state index contributed by atoms with van der Waals surface area (Å²) in [5, 5.41) is 0.214. The highest BCUT2D eigenvalue weighted by atomic mass is 35.5. The van der Waals surface area contributed by atoms with Gasteiger partial charge in [-0.3, -0.25) is 9.36 Å². The second-order valence-electron chi connectivity index (χ2n) is 3.96. The first-order valence-corrected chi connectivity index (χ1v) is 7.15. The van der Waals surface area contributed by atoms with Crippen molar-refractivity contribution in [3.8, 4) is 0 Å². The fourth-order valence-electron chi connectivity index (χ4n) is 1.91. The van der Waals surface area contributed by atoms with Crippen LogP contribution in [-0.4, -0.2) is 23.8 Å². The molecule has 0 aliphatic carbocycles. The minimum Gasteiger partial charge on any atom is -0.296 e. The molecule has 0 amide bonds. The Kier molecular flexibility index (Phi) is 2.58. The number of benzene rings is 1. The van der Waals surface area contributed by atoms with Crippen molar-refractivity contribution in [2.75, 3.05) is 0 Å². The second-order valence-corrected chi connectivity index (χ2v) is 6.26. The molecule has 96 valence electrons. The van der Waals surface area contributed by atoms with Crippen LogP contribution in [0.2, 0.25) is 5.02 Å². The number of fused-ring (bicyclic) bond motifs is 1. The van der Waals surface area contributed by atoms with Crippen LogP contribution >= 0.6 is 11.6 Å². The molecular weight excluding hydrogens is 288 g/mol. The number of hydrogen-bond donors (Lipinski definition) is 0. The van der Waals surface area contributed by atoms with Gasteiger partial charge in [-0.25, -0.2) is 13.4 Å². The Balaban J connectivity index is 2.30. The normalized spacial score (nSPS) is 16.9.